The van der Waals surface area contributed by atoms with Crippen LogP contribution in [0.3, 0.4) is 0 Å². The van der Waals surface area contributed by atoms with Crippen molar-refractivity contribution in [1.82, 2.24) is 15.1 Å². The van der Waals surface area contributed by atoms with Crippen molar-refractivity contribution in [3.63, 3.8) is 0 Å². The van der Waals surface area contributed by atoms with E-state index in [4.69, 9.17) is 4.74 Å². The predicted molar refractivity (Wildman–Crippen MR) is 82.1 cm³/mol. The largest absolute Gasteiger partial charge is 0.379 e. The Balaban J connectivity index is 1.95. The number of hydrogen-bond donors (Lipinski definition) is 2. The lowest BCUT2D eigenvalue weighted by molar-refractivity contribution is -0.121. The average molecular weight is 294 g/mol. The third-order valence-corrected chi connectivity index (χ3v) is 4.67. The van der Waals surface area contributed by atoms with Gasteiger partial charge < -0.3 is 15.4 Å². The predicted octanol–water partition coefficient (Wildman–Crippen LogP) is 1.63. The summed E-state index contributed by atoms with van der Waals surface area (Å²) in [6.07, 6.45) is 6.05. The van der Waals surface area contributed by atoms with E-state index in [1.165, 1.54) is 0 Å². The lowest BCUT2D eigenvalue weighted by Gasteiger charge is -2.53. The lowest BCUT2D eigenvalue weighted by Crippen LogP contribution is -2.59. The van der Waals surface area contributed by atoms with E-state index >= 15 is 0 Å². The van der Waals surface area contributed by atoms with Gasteiger partial charge in [0.1, 0.15) is 6.54 Å². The Kier molecular flexibility index (Phi) is 4.88. The van der Waals surface area contributed by atoms with Crippen molar-refractivity contribution in [2.24, 2.45) is 5.41 Å². The molecule has 0 radical (unpaired) electrons. The normalized spacial score (nSPS) is 28.0. The second-order valence-electron chi connectivity index (χ2n) is 5.84. The Hall–Kier alpha value is -1.56. The van der Waals surface area contributed by atoms with Crippen LogP contribution in [0.25, 0.3) is 0 Å². The van der Waals surface area contributed by atoms with Gasteiger partial charge in [-0.2, -0.15) is 5.10 Å². The van der Waals surface area contributed by atoms with E-state index in [0.717, 1.165) is 25.1 Å². The fourth-order valence-corrected chi connectivity index (χ4v) is 2.93. The van der Waals surface area contributed by atoms with Crippen LogP contribution < -0.4 is 10.6 Å². The number of nitrogens with zero attached hydrogens (tertiary/aromatic N) is 2. The van der Waals surface area contributed by atoms with Crippen LogP contribution in [0.4, 0.5) is 5.69 Å². The summed E-state index contributed by atoms with van der Waals surface area (Å²) in [6.45, 7) is 7.52. The van der Waals surface area contributed by atoms with Gasteiger partial charge in [-0.05, 0) is 19.8 Å². The maximum atomic E-state index is 11.3. The molecule has 0 bridgehead atoms. The van der Waals surface area contributed by atoms with Crippen LogP contribution in [0.2, 0.25) is 0 Å². The van der Waals surface area contributed by atoms with Gasteiger partial charge in [0.05, 0.1) is 18.0 Å². The summed E-state index contributed by atoms with van der Waals surface area (Å²) >= 11 is 0. The van der Waals surface area contributed by atoms with Crippen LogP contribution in [0.5, 0.6) is 0 Å². The lowest BCUT2D eigenvalue weighted by atomic mass is 9.61. The summed E-state index contributed by atoms with van der Waals surface area (Å²) in [7, 11) is 1.62. The first-order chi connectivity index (χ1) is 10.0. The third-order valence-electron chi connectivity index (χ3n) is 4.67. The van der Waals surface area contributed by atoms with Crippen LogP contribution in [-0.2, 0) is 16.1 Å². The van der Waals surface area contributed by atoms with Crippen molar-refractivity contribution in [3.8, 4) is 0 Å². The number of anilines is 1. The average Bonchev–Trinajstić information content (AvgIpc) is 2.92. The summed E-state index contributed by atoms with van der Waals surface area (Å²) in [6, 6.07) is 0.386. The molecule has 3 atom stereocenters. The van der Waals surface area contributed by atoms with Crippen LogP contribution in [0.1, 0.15) is 33.6 Å². The quantitative estimate of drug-likeness (QED) is 0.802. The van der Waals surface area contributed by atoms with Gasteiger partial charge in [-0.3, -0.25) is 9.48 Å². The molecule has 0 saturated heterocycles. The molecule has 0 aromatic carbocycles. The fourth-order valence-electron chi connectivity index (χ4n) is 2.93. The maximum Gasteiger partial charge on any atom is 0.241 e. The van der Waals surface area contributed by atoms with Gasteiger partial charge in [0.15, 0.2) is 0 Å². The van der Waals surface area contributed by atoms with E-state index in [0.29, 0.717) is 12.1 Å². The highest BCUT2D eigenvalue weighted by Crippen LogP contribution is 2.47. The standard InChI is InChI=1S/C15H26N4O2/c1-5-15(3)12(7-13(15)21-6-2)18-11-8-17-19(9-11)10-14(20)16-4/h8-9,12-13,18H,5-7,10H2,1-4H3,(H,16,20). The summed E-state index contributed by atoms with van der Waals surface area (Å²) in [5.41, 5.74) is 1.11. The van der Waals surface area contributed by atoms with Gasteiger partial charge in [-0.25, -0.2) is 0 Å². The minimum Gasteiger partial charge on any atom is -0.379 e. The molecular formula is C15H26N4O2. The van der Waals surface area contributed by atoms with Crippen molar-refractivity contribution in [2.45, 2.75) is 52.3 Å². The number of likely N-dealkylation sites (N-methyl/N-ethyl adjacent to an activating group) is 1. The molecule has 6 nitrogen and oxygen atoms in total. The van der Waals surface area contributed by atoms with Gasteiger partial charge in [-0.1, -0.05) is 13.8 Å². The topological polar surface area (TPSA) is 68.2 Å². The number of amides is 1. The van der Waals surface area contributed by atoms with E-state index in [2.05, 4.69) is 29.6 Å². The Morgan fingerprint density at radius 3 is 2.95 bits per heavy atom. The summed E-state index contributed by atoms with van der Waals surface area (Å²) in [5, 5.41) is 10.3. The molecule has 1 saturated carbocycles. The van der Waals surface area contributed by atoms with E-state index in [1.807, 2.05) is 13.1 Å². The number of aromatic nitrogens is 2. The molecule has 1 aliphatic rings. The SMILES string of the molecule is CCOC1CC(Nc2cnn(CC(=O)NC)c2)C1(C)CC. The number of ether oxygens (including phenoxy) is 1. The Bertz CT molecular complexity index is 488. The van der Waals surface area contributed by atoms with E-state index in [-0.39, 0.29) is 17.9 Å². The van der Waals surface area contributed by atoms with Crippen molar-refractivity contribution in [2.75, 3.05) is 19.0 Å². The molecule has 1 aromatic heterocycles. The number of carbonyl (C=O) groups is 1. The van der Waals surface area contributed by atoms with Gasteiger partial charge in [0, 0.05) is 31.3 Å². The first-order valence-electron chi connectivity index (χ1n) is 7.64. The Morgan fingerprint density at radius 1 is 1.57 bits per heavy atom. The fraction of sp³-hybridized carbons (Fsp3) is 0.733. The van der Waals surface area contributed by atoms with Crippen LogP contribution in [-0.4, -0.2) is 41.5 Å². The zero-order valence-corrected chi connectivity index (χ0v) is 13.3. The minimum absolute atomic E-state index is 0.0527. The van der Waals surface area contributed by atoms with Crippen LogP contribution >= 0.6 is 0 Å². The monoisotopic (exact) mass is 294 g/mol. The Labute approximate surface area is 126 Å². The first-order valence-corrected chi connectivity index (χ1v) is 7.64. The molecule has 21 heavy (non-hydrogen) atoms. The molecule has 1 fully saturated rings. The second kappa shape index (κ2) is 6.47. The molecule has 1 aliphatic carbocycles. The van der Waals surface area contributed by atoms with E-state index in [1.54, 1.807) is 17.9 Å². The van der Waals surface area contributed by atoms with Crippen molar-refractivity contribution < 1.29 is 9.53 Å². The van der Waals surface area contributed by atoms with Crippen molar-refractivity contribution in [3.05, 3.63) is 12.4 Å². The molecule has 1 amide bonds. The highest BCUT2D eigenvalue weighted by atomic mass is 16.5. The second-order valence-corrected chi connectivity index (χ2v) is 5.84. The summed E-state index contributed by atoms with van der Waals surface area (Å²) < 4.78 is 7.45. The highest BCUT2D eigenvalue weighted by molar-refractivity contribution is 5.75. The zero-order valence-electron chi connectivity index (χ0n) is 13.3. The summed E-state index contributed by atoms with van der Waals surface area (Å²) in [4.78, 5) is 11.3. The molecular weight excluding hydrogens is 268 g/mol. The smallest absolute Gasteiger partial charge is 0.241 e. The van der Waals surface area contributed by atoms with Gasteiger partial charge in [0.25, 0.3) is 0 Å². The molecule has 3 unspecified atom stereocenters. The first kappa shape index (κ1) is 15.8. The zero-order chi connectivity index (χ0) is 15.5. The van der Waals surface area contributed by atoms with E-state index < -0.39 is 0 Å². The molecule has 0 spiro atoms. The molecule has 0 aliphatic heterocycles. The van der Waals surface area contributed by atoms with E-state index in [9.17, 15) is 4.79 Å². The number of carbonyl (C=O) groups excluding carboxylic acids is 1. The number of hydrogen-bond acceptors (Lipinski definition) is 4. The van der Waals surface area contributed by atoms with Crippen LogP contribution in [0, 0.1) is 5.41 Å². The Morgan fingerprint density at radius 2 is 2.33 bits per heavy atom. The maximum absolute atomic E-state index is 11.3. The van der Waals surface area contributed by atoms with Crippen molar-refractivity contribution in [1.29, 1.82) is 0 Å². The van der Waals surface area contributed by atoms with Crippen LogP contribution in [0.15, 0.2) is 12.4 Å². The molecule has 1 aromatic rings. The van der Waals surface area contributed by atoms with Gasteiger partial charge >= 0.3 is 0 Å². The summed E-state index contributed by atoms with van der Waals surface area (Å²) in [5.74, 6) is -0.0527. The third kappa shape index (κ3) is 3.20. The number of rotatable bonds is 7. The molecule has 6 heteroatoms. The molecule has 118 valence electrons. The van der Waals surface area contributed by atoms with Crippen molar-refractivity contribution >= 4 is 11.6 Å². The van der Waals surface area contributed by atoms with Gasteiger partial charge in [0.2, 0.25) is 5.91 Å². The molecule has 2 N–H and O–H groups in total. The number of nitrogens with one attached hydrogen (secondary N) is 2. The minimum atomic E-state index is -0.0527. The van der Waals surface area contributed by atoms with Gasteiger partial charge in [-0.15, -0.1) is 0 Å². The molecule has 1 heterocycles. The highest BCUT2D eigenvalue weighted by Gasteiger charge is 2.51. The molecule has 2 rings (SSSR count).